The Morgan fingerprint density at radius 1 is 0.914 bits per heavy atom. The van der Waals surface area contributed by atoms with Crippen LogP contribution in [0.5, 0.6) is 11.5 Å². The van der Waals surface area contributed by atoms with E-state index >= 15 is 0 Å². The number of carbonyl (C=O) groups excluding carboxylic acids is 1. The van der Waals surface area contributed by atoms with Gasteiger partial charge in [-0.1, -0.05) is 29.8 Å². The van der Waals surface area contributed by atoms with Crippen LogP contribution in [-0.2, 0) is 16.6 Å². The summed E-state index contributed by atoms with van der Waals surface area (Å²) in [6.07, 6.45) is 1.21. The number of hydrogen-bond donors (Lipinski definition) is 1. The fourth-order valence-corrected chi connectivity index (χ4v) is 4.97. The molecule has 8 heteroatoms. The first kappa shape index (κ1) is 26.1. The zero-order chi connectivity index (χ0) is 25.6. The van der Waals surface area contributed by atoms with Crippen molar-refractivity contribution in [1.29, 1.82) is 0 Å². The Kier molecular flexibility index (Phi) is 8.40. The molecule has 0 atom stereocenters. The minimum atomic E-state index is -3.51. The van der Waals surface area contributed by atoms with Gasteiger partial charge in [0.2, 0.25) is 10.0 Å². The van der Waals surface area contributed by atoms with Crippen molar-refractivity contribution in [2.45, 2.75) is 27.3 Å². The molecule has 0 aromatic heterocycles. The van der Waals surface area contributed by atoms with E-state index < -0.39 is 10.0 Å². The molecule has 186 valence electrons. The van der Waals surface area contributed by atoms with Crippen LogP contribution < -0.4 is 19.1 Å². The Balaban J connectivity index is 1.61. The van der Waals surface area contributed by atoms with Gasteiger partial charge in [-0.15, -0.1) is 0 Å². The van der Waals surface area contributed by atoms with Crippen LogP contribution in [-0.4, -0.2) is 40.8 Å². The average molecular weight is 497 g/mol. The van der Waals surface area contributed by atoms with Gasteiger partial charge in [-0.05, 0) is 73.9 Å². The van der Waals surface area contributed by atoms with Crippen LogP contribution in [0.25, 0.3) is 0 Å². The molecule has 3 rings (SSSR count). The van der Waals surface area contributed by atoms with E-state index in [0.717, 1.165) is 28.0 Å². The molecule has 3 aromatic carbocycles. The smallest absolute Gasteiger partial charge is 0.251 e. The van der Waals surface area contributed by atoms with Crippen molar-refractivity contribution in [2.24, 2.45) is 0 Å². The number of rotatable bonds is 10. The first-order chi connectivity index (χ1) is 16.6. The SMILES string of the molecule is COc1ccc(OCCNC(=O)c2ccc(CN(c3c(C)cc(C)cc3C)S(C)(=O)=O)cc2)cc1. The summed E-state index contributed by atoms with van der Waals surface area (Å²) in [4.78, 5) is 12.5. The van der Waals surface area contributed by atoms with Crippen LogP contribution in [0.1, 0.15) is 32.6 Å². The topological polar surface area (TPSA) is 84.9 Å². The highest BCUT2D eigenvalue weighted by atomic mass is 32.2. The Bertz CT molecular complexity index is 1250. The van der Waals surface area contributed by atoms with Crippen molar-refractivity contribution in [1.82, 2.24) is 5.32 Å². The van der Waals surface area contributed by atoms with Gasteiger partial charge in [0.15, 0.2) is 0 Å². The van der Waals surface area contributed by atoms with Gasteiger partial charge in [-0.3, -0.25) is 9.10 Å². The molecule has 0 aliphatic carbocycles. The predicted octanol–water partition coefficient (Wildman–Crippen LogP) is 4.40. The second kappa shape index (κ2) is 11.3. The molecule has 3 aromatic rings. The summed E-state index contributed by atoms with van der Waals surface area (Å²) in [5.74, 6) is 1.22. The predicted molar refractivity (Wildman–Crippen MR) is 139 cm³/mol. The largest absolute Gasteiger partial charge is 0.497 e. The first-order valence-corrected chi connectivity index (χ1v) is 13.1. The summed E-state index contributed by atoms with van der Waals surface area (Å²) in [7, 11) is -1.91. The van der Waals surface area contributed by atoms with E-state index in [2.05, 4.69) is 5.32 Å². The number of sulfonamides is 1. The lowest BCUT2D eigenvalue weighted by atomic mass is 10.0. The molecule has 0 fully saturated rings. The highest BCUT2D eigenvalue weighted by Gasteiger charge is 2.22. The number of methoxy groups -OCH3 is 1. The number of amides is 1. The lowest BCUT2D eigenvalue weighted by Gasteiger charge is -2.26. The average Bonchev–Trinajstić information content (AvgIpc) is 2.80. The summed E-state index contributed by atoms with van der Waals surface area (Å²) in [5.41, 5.74) is 4.86. The fraction of sp³-hybridized carbons (Fsp3) is 0.296. The number of hydrogen-bond acceptors (Lipinski definition) is 5. The van der Waals surface area contributed by atoms with Gasteiger partial charge in [0.25, 0.3) is 5.91 Å². The van der Waals surface area contributed by atoms with Crippen molar-refractivity contribution in [2.75, 3.05) is 30.8 Å². The minimum absolute atomic E-state index is 0.182. The van der Waals surface area contributed by atoms with Gasteiger partial charge >= 0.3 is 0 Å². The monoisotopic (exact) mass is 496 g/mol. The van der Waals surface area contributed by atoms with Crippen molar-refractivity contribution < 1.29 is 22.7 Å². The molecule has 0 bridgehead atoms. The van der Waals surface area contributed by atoms with Gasteiger partial charge in [0, 0.05) is 5.56 Å². The zero-order valence-corrected chi connectivity index (χ0v) is 21.6. The molecular weight excluding hydrogens is 464 g/mol. The summed E-state index contributed by atoms with van der Waals surface area (Å²) >= 11 is 0. The normalized spacial score (nSPS) is 11.1. The quantitative estimate of drug-likeness (QED) is 0.421. The third kappa shape index (κ3) is 6.99. The van der Waals surface area contributed by atoms with Gasteiger partial charge < -0.3 is 14.8 Å². The number of nitrogens with zero attached hydrogens (tertiary/aromatic N) is 1. The molecule has 0 aliphatic heterocycles. The number of ether oxygens (including phenoxy) is 2. The molecule has 1 amide bonds. The standard InChI is InChI=1S/C27H32N2O5S/c1-19-16-20(2)26(21(3)17-19)29(35(5,31)32)18-22-6-8-23(9-7-22)27(30)28-14-15-34-25-12-10-24(33-4)11-13-25/h6-13,16-17H,14-15,18H2,1-5H3,(H,28,30). The van der Waals surface area contributed by atoms with Crippen molar-refractivity contribution >= 4 is 21.6 Å². The third-order valence-electron chi connectivity index (χ3n) is 5.54. The van der Waals surface area contributed by atoms with E-state index in [1.165, 1.54) is 10.6 Å². The first-order valence-electron chi connectivity index (χ1n) is 11.3. The number of anilines is 1. The van der Waals surface area contributed by atoms with E-state index in [4.69, 9.17) is 9.47 Å². The van der Waals surface area contributed by atoms with Crippen LogP contribution in [0.2, 0.25) is 0 Å². The number of benzene rings is 3. The molecule has 0 saturated carbocycles. The lowest BCUT2D eigenvalue weighted by Crippen LogP contribution is -2.31. The fourth-order valence-electron chi connectivity index (χ4n) is 3.96. The van der Waals surface area contributed by atoms with Crippen molar-refractivity contribution in [3.63, 3.8) is 0 Å². The van der Waals surface area contributed by atoms with E-state index in [-0.39, 0.29) is 12.5 Å². The van der Waals surface area contributed by atoms with Gasteiger partial charge in [-0.25, -0.2) is 8.42 Å². The molecule has 0 spiro atoms. The van der Waals surface area contributed by atoms with Crippen LogP contribution in [0, 0.1) is 20.8 Å². The van der Waals surface area contributed by atoms with E-state index in [1.807, 2.05) is 45.0 Å². The third-order valence-corrected chi connectivity index (χ3v) is 6.66. The van der Waals surface area contributed by atoms with Crippen LogP contribution >= 0.6 is 0 Å². The lowest BCUT2D eigenvalue weighted by molar-refractivity contribution is 0.0947. The molecular formula is C27H32N2O5S. The van der Waals surface area contributed by atoms with Crippen LogP contribution in [0.4, 0.5) is 5.69 Å². The molecule has 0 heterocycles. The number of carbonyl (C=O) groups is 1. The van der Waals surface area contributed by atoms with E-state index in [0.29, 0.717) is 30.2 Å². The molecule has 0 unspecified atom stereocenters. The Hall–Kier alpha value is -3.52. The second-order valence-corrected chi connectivity index (χ2v) is 10.4. The summed E-state index contributed by atoms with van der Waals surface area (Å²) in [6, 6.07) is 18.1. The molecule has 35 heavy (non-hydrogen) atoms. The van der Waals surface area contributed by atoms with E-state index in [1.54, 1.807) is 43.5 Å². The maximum atomic E-state index is 12.6. The minimum Gasteiger partial charge on any atom is -0.497 e. The number of aryl methyl sites for hydroxylation is 3. The highest BCUT2D eigenvalue weighted by molar-refractivity contribution is 7.92. The van der Waals surface area contributed by atoms with Gasteiger partial charge in [-0.2, -0.15) is 0 Å². The summed E-state index contributed by atoms with van der Waals surface area (Å²) in [5, 5.41) is 2.83. The Morgan fingerprint density at radius 2 is 1.49 bits per heavy atom. The molecule has 0 saturated heterocycles. The molecule has 7 nitrogen and oxygen atoms in total. The maximum absolute atomic E-state index is 12.6. The van der Waals surface area contributed by atoms with Crippen molar-refractivity contribution in [3.05, 3.63) is 88.5 Å². The summed E-state index contributed by atoms with van der Waals surface area (Å²) in [6.45, 7) is 6.68. The van der Waals surface area contributed by atoms with E-state index in [9.17, 15) is 13.2 Å². The molecule has 0 radical (unpaired) electrons. The molecule has 0 aliphatic rings. The van der Waals surface area contributed by atoms with Crippen LogP contribution in [0.3, 0.4) is 0 Å². The number of nitrogens with one attached hydrogen (secondary N) is 1. The van der Waals surface area contributed by atoms with Crippen molar-refractivity contribution in [3.8, 4) is 11.5 Å². The van der Waals surface area contributed by atoms with Crippen LogP contribution in [0.15, 0.2) is 60.7 Å². The van der Waals surface area contributed by atoms with Gasteiger partial charge in [0.1, 0.15) is 18.1 Å². The molecule has 1 N–H and O–H groups in total. The summed E-state index contributed by atoms with van der Waals surface area (Å²) < 4.78 is 37.4. The maximum Gasteiger partial charge on any atom is 0.251 e. The highest BCUT2D eigenvalue weighted by Crippen LogP contribution is 2.29. The zero-order valence-electron chi connectivity index (χ0n) is 20.8. The van der Waals surface area contributed by atoms with Gasteiger partial charge in [0.05, 0.1) is 32.1 Å². The second-order valence-electron chi connectivity index (χ2n) is 8.49. The Labute approximate surface area is 207 Å². The Morgan fingerprint density at radius 3 is 2.03 bits per heavy atom.